The number of rotatable bonds is 4. The van der Waals surface area contributed by atoms with Crippen molar-refractivity contribution in [3.05, 3.63) is 0 Å². The summed E-state index contributed by atoms with van der Waals surface area (Å²) in [5.74, 6) is 5.53. The highest BCUT2D eigenvalue weighted by Gasteiger charge is 2.26. The van der Waals surface area contributed by atoms with Crippen LogP contribution in [0.2, 0.25) is 0 Å². The van der Waals surface area contributed by atoms with Crippen LogP contribution in [0, 0.1) is 0 Å². The maximum Gasteiger partial charge on any atom is 0.389 e. The molecular formula is C8H15F3N4. The zero-order valence-corrected chi connectivity index (χ0v) is 8.27. The molecule has 1 saturated carbocycles. The van der Waals surface area contributed by atoms with E-state index in [2.05, 4.69) is 15.7 Å². The highest BCUT2D eigenvalue weighted by Crippen LogP contribution is 2.21. The van der Waals surface area contributed by atoms with Crippen molar-refractivity contribution in [3.8, 4) is 0 Å². The molecule has 0 aliphatic heterocycles. The second-order valence-electron chi connectivity index (χ2n) is 3.51. The van der Waals surface area contributed by atoms with Crippen molar-refractivity contribution in [1.82, 2.24) is 10.7 Å². The van der Waals surface area contributed by atoms with Gasteiger partial charge in [0.2, 0.25) is 5.96 Å². The molecule has 0 atom stereocenters. The fourth-order valence-corrected chi connectivity index (χ4v) is 1.02. The Hall–Kier alpha value is -0.980. The molecule has 88 valence electrons. The van der Waals surface area contributed by atoms with Crippen LogP contribution in [0.4, 0.5) is 13.2 Å². The van der Waals surface area contributed by atoms with Crippen molar-refractivity contribution >= 4 is 5.96 Å². The summed E-state index contributed by atoms with van der Waals surface area (Å²) in [5, 5.41) is 2.97. The normalized spacial score (nSPS) is 17.7. The Bertz CT molecular complexity index is 222. The Morgan fingerprint density at radius 3 is 2.53 bits per heavy atom. The van der Waals surface area contributed by atoms with E-state index in [1.165, 1.54) is 0 Å². The number of nitrogens with one attached hydrogen (secondary N) is 2. The number of hydrazine groups is 1. The van der Waals surface area contributed by atoms with Crippen molar-refractivity contribution in [2.24, 2.45) is 10.8 Å². The van der Waals surface area contributed by atoms with E-state index in [4.69, 9.17) is 5.84 Å². The smallest absolute Gasteiger partial charge is 0.353 e. The molecule has 0 bridgehead atoms. The van der Waals surface area contributed by atoms with Gasteiger partial charge in [0.05, 0.1) is 0 Å². The van der Waals surface area contributed by atoms with Crippen LogP contribution in [-0.2, 0) is 0 Å². The lowest BCUT2D eigenvalue weighted by molar-refractivity contribution is -0.134. The molecule has 0 aromatic carbocycles. The lowest BCUT2D eigenvalue weighted by atomic mass is 10.3. The molecular weight excluding hydrogens is 209 g/mol. The van der Waals surface area contributed by atoms with Gasteiger partial charge in [-0.05, 0) is 19.3 Å². The molecule has 15 heavy (non-hydrogen) atoms. The van der Waals surface area contributed by atoms with Crippen LogP contribution in [0.15, 0.2) is 4.99 Å². The summed E-state index contributed by atoms with van der Waals surface area (Å²) >= 11 is 0. The van der Waals surface area contributed by atoms with Crippen LogP contribution in [-0.4, -0.2) is 24.7 Å². The van der Waals surface area contributed by atoms with Gasteiger partial charge in [-0.3, -0.25) is 10.4 Å². The minimum atomic E-state index is -4.10. The first-order valence-electron chi connectivity index (χ1n) is 4.85. The predicted octanol–water partition coefficient (Wildman–Crippen LogP) is 0.900. The standard InChI is InChI=1S/C8H15F3N4/c9-8(10,11)4-1-5-13-7(15-12)14-6-2-3-6/h6H,1-5,12H2,(H2,13,14,15). The molecule has 0 radical (unpaired) electrons. The molecule has 1 aliphatic rings. The Labute approximate surface area is 86.1 Å². The van der Waals surface area contributed by atoms with Crippen LogP contribution < -0.4 is 16.6 Å². The molecule has 0 spiro atoms. The van der Waals surface area contributed by atoms with Gasteiger partial charge in [0.15, 0.2) is 0 Å². The zero-order valence-electron chi connectivity index (χ0n) is 8.27. The number of aliphatic imine (C=N–C) groups is 1. The molecule has 4 nitrogen and oxygen atoms in total. The molecule has 0 aromatic heterocycles. The molecule has 0 amide bonds. The zero-order chi connectivity index (χ0) is 11.3. The molecule has 0 heterocycles. The van der Waals surface area contributed by atoms with Gasteiger partial charge in [-0.1, -0.05) is 0 Å². The highest BCUT2D eigenvalue weighted by molar-refractivity contribution is 5.79. The summed E-state index contributed by atoms with van der Waals surface area (Å²) < 4.78 is 35.3. The highest BCUT2D eigenvalue weighted by atomic mass is 19.4. The lowest BCUT2D eigenvalue weighted by Crippen LogP contribution is -2.42. The summed E-state index contributed by atoms with van der Waals surface area (Å²) in [5.41, 5.74) is 2.33. The molecule has 4 N–H and O–H groups in total. The third kappa shape index (κ3) is 6.16. The van der Waals surface area contributed by atoms with Crippen molar-refractivity contribution in [2.75, 3.05) is 6.54 Å². The maximum absolute atomic E-state index is 11.8. The van der Waals surface area contributed by atoms with Gasteiger partial charge < -0.3 is 5.32 Å². The van der Waals surface area contributed by atoms with E-state index in [1.807, 2.05) is 0 Å². The van der Waals surface area contributed by atoms with Crippen molar-refractivity contribution < 1.29 is 13.2 Å². The number of guanidine groups is 1. The topological polar surface area (TPSA) is 62.4 Å². The summed E-state index contributed by atoms with van der Waals surface area (Å²) in [4.78, 5) is 3.89. The fourth-order valence-electron chi connectivity index (χ4n) is 1.02. The predicted molar refractivity (Wildman–Crippen MR) is 51.1 cm³/mol. The number of nitrogens with two attached hydrogens (primary N) is 1. The minimum Gasteiger partial charge on any atom is -0.353 e. The average molecular weight is 224 g/mol. The van der Waals surface area contributed by atoms with Crippen molar-refractivity contribution in [3.63, 3.8) is 0 Å². The van der Waals surface area contributed by atoms with E-state index in [0.29, 0.717) is 12.0 Å². The number of hydrogen-bond acceptors (Lipinski definition) is 2. The second-order valence-corrected chi connectivity index (χ2v) is 3.51. The molecule has 1 fully saturated rings. The van der Waals surface area contributed by atoms with Crippen LogP contribution in [0.25, 0.3) is 0 Å². The van der Waals surface area contributed by atoms with Gasteiger partial charge in [-0.15, -0.1) is 0 Å². The summed E-state index contributed by atoms with van der Waals surface area (Å²) in [7, 11) is 0. The first-order chi connectivity index (χ1) is 7.01. The number of nitrogens with zero attached hydrogens (tertiary/aromatic N) is 1. The largest absolute Gasteiger partial charge is 0.389 e. The van der Waals surface area contributed by atoms with Gasteiger partial charge in [-0.2, -0.15) is 13.2 Å². The van der Waals surface area contributed by atoms with Crippen molar-refractivity contribution in [1.29, 1.82) is 0 Å². The summed E-state index contributed by atoms with van der Waals surface area (Å²) in [6, 6.07) is 0.377. The Morgan fingerprint density at radius 1 is 1.40 bits per heavy atom. The van der Waals surface area contributed by atoms with E-state index >= 15 is 0 Å². The third-order valence-corrected chi connectivity index (χ3v) is 1.94. The number of alkyl halides is 3. The van der Waals surface area contributed by atoms with E-state index < -0.39 is 12.6 Å². The molecule has 0 saturated heterocycles. The Kier molecular flexibility index (Phi) is 4.19. The minimum absolute atomic E-state index is 0.0129. The summed E-state index contributed by atoms with van der Waals surface area (Å²) in [6.07, 6.45) is -2.80. The number of hydrogen-bond donors (Lipinski definition) is 3. The maximum atomic E-state index is 11.8. The fraction of sp³-hybridized carbons (Fsp3) is 0.875. The van der Waals surface area contributed by atoms with Crippen LogP contribution >= 0.6 is 0 Å². The van der Waals surface area contributed by atoms with Gasteiger partial charge in [0.1, 0.15) is 0 Å². The first-order valence-corrected chi connectivity index (χ1v) is 4.85. The average Bonchev–Trinajstić information content (AvgIpc) is 2.92. The molecule has 1 aliphatic carbocycles. The van der Waals surface area contributed by atoms with Crippen LogP contribution in [0.3, 0.4) is 0 Å². The van der Waals surface area contributed by atoms with Gasteiger partial charge in [-0.25, -0.2) is 5.84 Å². The monoisotopic (exact) mass is 224 g/mol. The Morgan fingerprint density at radius 2 is 2.07 bits per heavy atom. The molecule has 0 aromatic rings. The van der Waals surface area contributed by atoms with Crippen LogP contribution in [0.1, 0.15) is 25.7 Å². The Balaban J connectivity index is 2.15. The third-order valence-electron chi connectivity index (χ3n) is 1.94. The van der Waals surface area contributed by atoms with Gasteiger partial charge in [0.25, 0.3) is 0 Å². The summed E-state index contributed by atoms with van der Waals surface area (Å²) in [6.45, 7) is 0.124. The second kappa shape index (κ2) is 5.20. The first kappa shape index (κ1) is 12.1. The molecule has 7 heteroatoms. The van der Waals surface area contributed by atoms with Crippen molar-refractivity contribution in [2.45, 2.75) is 37.9 Å². The van der Waals surface area contributed by atoms with Gasteiger partial charge in [0, 0.05) is 19.0 Å². The van der Waals surface area contributed by atoms with E-state index in [0.717, 1.165) is 12.8 Å². The van der Waals surface area contributed by atoms with Crippen LogP contribution in [0.5, 0.6) is 0 Å². The lowest BCUT2D eigenvalue weighted by Gasteiger charge is -2.08. The van der Waals surface area contributed by atoms with Gasteiger partial charge >= 0.3 is 6.18 Å². The van der Waals surface area contributed by atoms with E-state index in [9.17, 15) is 13.2 Å². The number of halogens is 3. The van der Waals surface area contributed by atoms with E-state index in [1.54, 1.807) is 0 Å². The molecule has 0 unspecified atom stereocenters. The SMILES string of the molecule is NNC(=NCCCC(F)(F)F)NC1CC1. The van der Waals surface area contributed by atoms with E-state index in [-0.39, 0.29) is 13.0 Å². The molecule has 1 rings (SSSR count). The quantitative estimate of drug-likeness (QED) is 0.218.